The lowest BCUT2D eigenvalue weighted by Gasteiger charge is -2.41. The van der Waals surface area contributed by atoms with Crippen LogP contribution in [0.4, 0.5) is 0 Å². The summed E-state index contributed by atoms with van der Waals surface area (Å²) in [4.78, 5) is 26.8. The van der Waals surface area contributed by atoms with E-state index in [2.05, 4.69) is 12.2 Å². The van der Waals surface area contributed by atoms with E-state index < -0.39 is 0 Å². The van der Waals surface area contributed by atoms with Crippen LogP contribution >= 0.6 is 0 Å². The molecular formula is C17H30N2O2. The smallest absolute Gasteiger partial charge is 0.246 e. The molecule has 4 heteroatoms. The van der Waals surface area contributed by atoms with Crippen molar-refractivity contribution >= 4 is 11.8 Å². The van der Waals surface area contributed by atoms with Gasteiger partial charge in [0, 0.05) is 6.54 Å². The Bertz CT molecular complexity index is 364. The highest BCUT2D eigenvalue weighted by molar-refractivity contribution is 5.96. The lowest BCUT2D eigenvalue weighted by Crippen LogP contribution is -2.64. The van der Waals surface area contributed by atoms with Crippen LogP contribution in [-0.2, 0) is 9.59 Å². The molecule has 4 nitrogen and oxygen atoms in total. The molecule has 1 saturated heterocycles. The van der Waals surface area contributed by atoms with E-state index in [0.717, 1.165) is 32.2 Å². The van der Waals surface area contributed by atoms with E-state index in [0.29, 0.717) is 5.92 Å². The molecule has 1 aliphatic carbocycles. The van der Waals surface area contributed by atoms with Gasteiger partial charge in [0.05, 0.1) is 0 Å². The Morgan fingerprint density at radius 3 is 2.48 bits per heavy atom. The summed E-state index contributed by atoms with van der Waals surface area (Å²) in [5.41, 5.74) is 0. The molecule has 21 heavy (non-hydrogen) atoms. The summed E-state index contributed by atoms with van der Waals surface area (Å²) < 4.78 is 0. The zero-order valence-electron chi connectivity index (χ0n) is 13.6. The third-order valence-electron chi connectivity index (χ3n) is 5.07. The molecule has 2 aliphatic rings. The average Bonchev–Trinajstić information content (AvgIpc) is 2.51. The van der Waals surface area contributed by atoms with Gasteiger partial charge in [0.1, 0.15) is 12.1 Å². The SMILES string of the molecule is CCCCCCN1C(=O)C(C2CCCCC2)NC(=O)C1C. The van der Waals surface area contributed by atoms with E-state index in [4.69, 9.17) is 0 Å². The Morgan fingerprint density at radius 1 is 1.10 bits per heavy atom. The van der Waals surface area contributed by atoms with Crippen LogP contribution in [0.5, 0.6) is 0 Å². The summed E-state index contributed by atoms with van der Waals surface area (Å²) >= 11 is 0. The maximum absolute atomic E-state index is 12.8. The van der Waals surface area contributed by atoms with Crippen LogP contribution in [-0.4, -0.2) is 35.3 Å². The van der Waals surface area contributed by atoms with Gasteiger partial charge >= 0.3 is 0 Å². The van der Waals surface area contributed by atoms with Crippen molar-refractivity contribution in [2.24, 2.45) is 5.92 Å². The van der Waals surface area contributed by atoms with Gasteiger partial charge in [-0.25, -0.2) is 0 Å². The molecule has 2 amide bonds. The summed E-state index contributed by atoms with van der Waals surface area (Å²) in [6, 6.07) is -0.570. The maximum Gasteiger partial charge on any atom is 0.246 e. The minimum absolute atomic E-state index is 0.0284. The summed E-state index contributed by atoms with van der Waals surface area (Å²) in [5, 5.41) is 2.99. The average molecular weight is 294 g/mol. The first-order valence-corrected chi connectivity index (χ1v) is 8.76. The van der Waals surface area contributed by atoms with Gasteiger partial charge in [-0.3, -0.25) is 9.59 Å². The van der Waals surface area contributed by atoms with Crippen molar-refractivity contribution < 1.29 is 9.59 Å². The first kappa shape index (κ1) is 16.3. The maximum atomic E-state index is 12.8. The molecule has 1 heterocycles. The number of amides is 2. The van der Waals surface area contributed by atoms with Crippen molar-refractivity contribution in [1.29, 1.82) is 0 Å². The summed E-state index contributed by atoms with van der Waals surface area (Å²) in [7, 11) is 0. The van der Waals surface area contributed by atoms with E-state index in [-0.39, 0.29) is 23.9 Å². The third-order valence-corrected chi connectivity index (χ3v) is 5.07. The summed E-state index contributed by atoms with van der Waals surface area (Å²) in [6.45, 7) is 4.77. The number of hydrogen-bond donors (Lipinski definition) is 1. The topological polar surface area (TPSA) is 49.4 Å². The van der Waals surface area contributed by atoms with E-state index in [9.17, 15) is 9.59 Å². The molecule has 2 unspecified atom stereocenters. The number of rotatable bonds is 6. The predicted molar refractivity (Wildman–Crippen MR) is 83.8 cm³/mol. The van der Waals surface area contributed by atoms with Crippen LogP contribution in [0.3, 0.4) is 0 Å². The molecule has 120 valence electrons. The zero-order valence-corrected chi connectivity index (χ0v) is 13.6. The molecule has 0 spiro atoms. The molecule has 1 N–H and O–H groups in total. The summed E-state index contributed by atoms with van der Waals surface area (Å²) in [6.07, 6.45) is 10.3. The van der Waals surface area contributed by atoms with Crippen LogP contribution in [0.25, 0.3) is 0 Å². The Balaban J connectivity index is 1.97. The molecule has 0 bridgehead atoms. The third kappa shape index (κ3) is 3.98. The number of nitrogens with zero attached hydrogens (tertiary/aromatic N) is 1. The van der Waals surface area contributed by atoms with Crippen LogP contribution in [0.1, 0.15) is 71.6 Å². The van der Waals surface area contributed by atoms with E-state index in [1.54, 1.807) is 0 Å². The molecule has 2 rings (SSSR count). The lowest BCUT2D eigenvalue weighted by molar-refractivity contribution is -0.150. The molecule has 1 saturated carbocycles. The molecule has 2 atom stereocenters. The van der Waals surface area contributed by atoms with Crippen LogP contribution in [0, 0.1) is 5.92 Å². The number of piperazine rings is 1. The number of carbonyl (C=O) groups is 2. The van der Waals surface area contributed by atoms with Crippen molar-refractivity contribution in [1.82, 2.24) is 10.2 Å². The lowest BCUT2D eigenvalue weighted by atomic mass is 9.82. The molecule has 0 aromatic rings. The standard InChI is InChI=1S/C17H30N2O2/c1-3-4-5-9-12-19-13(2)16(20)18-15(17(19)21)14-10-7-6-8-11-14/h13-15H,3-12H2,1-2H3,(H,18,20). The van der Waals surface area contributed by atoms with E-state index in [1.807, 2.05) is 11.8 Å². The van der Waals surface area contributed by atoms with Crippen molar-refractivity contribution in [2.75, 3.05) is 6.54 Å². The van der Waals surface area contributed by atoms with Gasteiger partial charge in [0.15, 0.2) is 0 Å². The predicted octanol–water partition coefficient (Wildman–Crippen LogP) is 2.86. The molecule has 0 aromatic carbocycles. The van der Waals surface area contributed by atoms with Gasteiger partial charge < -0.3 is 10.2 Å². The molecule has 0 radical (unpaired) electrons. The van der Waals surface area contributed by atoms with Gasteiger partial charge in [-0.2, -0.15) is 0 Å². The molecule has 0 aromatic heterocycles. The van der Waals surface area contributed by atoms with E-state index in [1.165, 1.54) is 32.1 Å². The van der Waals surface area contributed by atoms with Crippen LogP contribution < -0.4 is 5.32 Å². The highest BCUT2D eigenvalue weighted by Gasteiger charge is 2.41. The molecular weight excluding hydrogens is 264 g/mol. The number of carbonyl (C=O) groups excluding carboxylic acids is 2. The first-order chi connectivity index (χ1) is 10.1. The van der Waals surface area contributed by atoms with Crippen LogP contribution in [0.15, 0.2) is 0 Å². The van der Waals surface area contributed by atoms with Gasteiger partial charge in [0.25, 0.3) is 0 Å². The second-order valence-corrected chi connectivity index (χ2v) is 6.65. The molecule has 2 fully saturated rings. The Kier molecular flexibility index (Phi) is 6.07. The Labute approximate surface area is 128 Å². The minimum atomic E-state index is -0.307. The fourth-order valence-corrected chi connectivity index (χ4v) is 3.65. The quantitative estimate of drug-likeness (QED) is 0.766. The fraction of sp³-hybridized carbons (Fsp3) is 0.882. The Hall–Kier alpha value is -1.06. The van der Waals surface area contributed by atoms with Gasteiger partial charge in [0.2, 0.25) is 11.8 Å². The highest BCUT2D eigenvalue weighted by atomic mass is 16.2. The molecule has 1 aliphatic heterocycles. The number of unbranched alkanes of at least 4 members (excludes halogenated alkanes) is 3. The highest BCUT2D eigenvalue weighted by Crippen LogP contribution is 2.29. The first-order valence-electron chi connectivity index (χ1n) is 8.76. The number of hydrogen-bond acceptors (Lipinski definition) is 2. The minimum Gasteiger partial charge on any atom is -0.342 e. The van der Waals surface area contributed by atoms with Gasteiger partial charge in [-0.1, -0.05) is 45.4 Å². The monoisotopic (exact) mass is 294 g/mol. The van der Waals surface area contributed by atoms with Crippen molar-refractivity contribution in [3.8, 4) is 0 Å². The Morgan fingerprint density at radius 2 is 1.81 bits per heavy atom. The summed E-state index contributed by atoms with van der Waals surface area (Å²) in [5.74, 6) is 0.534. The van der Waals surface area contributed by atoms with Crippen molar-refractivity contribution in [3.05, 3.63) is 0 Å². The normalized spacial score (nSPS) is 27.8. The second kappa shape index (κ2) is 7.81. The zero-order chi connectivity index (χ0) is 15.2. The number of nitrogens with one attached hydrogen (secondary N) is 1. The second-order valence-electron chi connectivity index (χ2n) is 6.65. The van der Waals surface area contributed by atoms with Crippen molar-refractivity contribution in [3.63, 3.8) is 0 Å². The van der Waals surface area contributed by atoms with E-state index >= 15 is 0 Å². The van der Waals surface area contributed by atoms with Crippen molar-refractivity contribution in [2.45, 2.75) is 83.7 Å². The largest absolute Gasteiger partial charge is 0.342 e. The van der Waals surface area contributed by atoms with Gasteiger partial charge in [-0.15, -0.1) is 0 Å². The van der Waals surface area contributed by atoms with Gasteiger partial charge in [-0.05, 0) is 32.1 Å². The fourth-order valence-electron chi connectivity index (χ4n) is 3.65. The van der Waals surface area contributed by atoms with Crippen LogP contribution in [0.2, 0.25) is 0 Å².